The van der Waals surface area contributed by atoms with Gasteiger partial charge in [-0.3, -0.25) is 19.5 Å². The van der Waals surface area contributed by atoms with Crippen LogP contribution in [0.15, 0.2) is 40.2 Å². The van der Waals surface area contributed by atoms with Crippen LogP contribution in [-0.2, 0) is 9.59 Å². The van der Waals surface area contributed by atoms with Gasteiger partial charge < -0.3 is 22.3 Å². The van der Waals surface area contributed by atoms with Crippen molar-refractivity contribution in [1.82, 2.24) is 4.90 Å². The Morgan fingerprint density at radius 1 is 1.38 bits per heavy atom. The number of amidine groups is 1. The summed E-state index contributed by atoms with van der Waals surface area (Å²) in [5.74, 6) is -1.10. The number of carbonyl (C=O) groups is 2. The Hall–Kier alpha value is -1.67. The quantitative estimate of drug-likeness (QED) is 0.666. The number of amides is 2. The van der Waals surface area contributed by atoms with Gasteiger partial charge in [-0.2, -0.15) is 0 Å². The third-order valence-electron chi connectivity index (χ3n) is 2.57. The maximum atomic E-state index is 12.7. The topological polar surface area (TPSA) is 61.8 Å². The average Bonchev–Trinajstić information content (AvgIpc) is 2.69. The predicted octanol–water partition coefficient (Wildman–Crippen LogP) is -1.16. The molecule has 2 amide bonds. The molecule has 0 saturated carbocycles. The molecule has 21 heavy (non-hydrogen) atoms. The lowest BCUT2D eigenvalue weighted by molar-refractivity contribution is -0.121. The lowest BCUT2D eigenvalue weighted by atomic mass is 10.3. The van der Waals surface area contributed by atoms with Crippen molar-refractivity contribution in [2.24, 2.45) is 4.99 Å². The zero-order chi connectivity index (χ0) is 14.7. The van der Waals surface area contributed by atoms with E-state index in [0.29, 0.717) is 15.8 Å². The van der Waals surface area contributed by atoms with Crippen LogP contribution in [0.5, 0.6) is 0 Å². The fourth-order valence-electron chi connectivity index (χ4n) is 1.58. The minimum Gasteiger partial charge on any atom is -1.00 e. The molecule has 1 fully saturated rings. The van der Waals surface area contributed by atoms with Gasteiger partial charge in [0.1, 0.15) is 5.82 Å². The number of nitrogens with zero attached hydrogens (tertiary/aromatic N) is 2. The van der Waals surface area contributed by atoms with Gasteiger partial charge in [-0.05, 0) is 36.0 Å². The molecule has 1 aromatic rings. The molecule has 0 bridgehead atoms. The van der Waals surface area contributed by atoms with Crippen LogP contribution in [0.2, 0.25) is 0 Å². The van der Waals surface area contributed by atoms with Crippen molar-refractivity contribution in [3.05, 3.63) is 41.1 Å². The van der Waals surface area contributed by atoms with Gasteiger partial charge in [0.25, 0.3) is 5.91 Å². The number of anilines is 1. The minimum absolute atomic E-state index is 0. The summed E-state index contributed by atoms with van der Waals surface area (Å²) < 4.78 is 12.7. The standard InChI is InChI=1S/C13H12FN3O2S.BrH/c1-15-13-17(2)12(19)10(20-13)7-11(18)16-9-5-3-8(14)4-6-9;/h3-7H,1-2H3,(H,16,18);1H/p-1/b10-7-,15-13?;. The van der Waals surface area contributed by atoms with E-state index in [1.165, 1.54) is 35.2 Å². The van der Waals surface area contributed by atoms with Gasteiger partial charge in [-0.15, -0.1) is 0 Å². The molecule has 1 aromatic carbocycles. The highest BCUT2D eigenvalue weighted by molar-refractivity contribution is 8.18. The van der Waals surface area contributed by atoms with Gasteiger partial charge in [0.2, 0.25) is 5.91 Å². The van der Waals surface area contributed by atoms with Crippen LogP contribution in [0.3, 0.4) is 0 Å². The van der Waals surface area contributed by atoms with Crippen LogP contribution in [-0.4, -0.2) is 36.0 Å². The summed E-state index contributed by atoms with van der Waals surface area (Å²) in [5.41, 5.74) is 0.460. The van der Waals surface area contributed by atoms with E-state index in [0.717, 1.165) is 11.8 Å². The highest BCUT2D eigenvalue weighted by atomic mass is 79.9. The second-order valence-electron chi connectivity index (χ2n) is 3.98. The average molecular weight is 373 g/mol. The summed E-state index contributed by atoms with van der Waals surface area (Å²) in [6.07, 6.45) is 1.21. The Labute approximate surface area is 136 Å². The van der Waals surface area contributed by atoms with Crippen LogP contribution in [0.4, 0.5) is 10.1 Å². The van der Waals surface area contributed by atoms with Crippen LogP contribution >= 0.6 is 11.8 Å². The number of halogens is 2. The number of hydrogen-bond donors (Lipinski definition) is 1. The van der Waals surface area contributed by atoms with Crippen molar-refractivity contribution in [2.75, 3.05) is 19.4 Å². The Morgan fingerprint density at radius 2 is 2.00 bits per heavy atom. The third kappa shape index (κ3) is 4.15. The van der Waals surface area contributed by atoms with Gasteiger partial charge in [0.05, 0.1) is 4.91 Å². The van der Waals surface area contributed by atoms with E-state index in [4.69, 9.17) is 0 Å². The molecule has 0 aliphatic carbocycles. The Kier molecular flexibility index (Phi) is 6.10. The highest BCUT2D eigenvalue weighted by Gasteiger charge is 2.30. The Morgan fingerprint density at radius 3 is 2.52 bits per heavy atom. The first-order valence-electron chi connectivity index (χ1n) is 5.72. The molecule has 112 valence electrons. The molecule has 1 heterocycles. The van der Waals surface area contributed by atoms with Crippen molar-refractivity contribution >= 4 is 34.4 Å². The van der Waals surface area contributed by atoms with Gasteiger partial charge >= 0.3 is 0 Å². The molecule has 0 spiro atoms. The van der Waals surface area contributed by atoms with Crippen molar-refractivity contribution < 1.29 is 31.0 Å². The number of benzene rings is 1. The number of carbonyl (C=O) groups excluding carboxylic acids is 2. The fourth-order valence-corrected chi connectivity index (χ4v) is 2.48. The number of nitrogens with one attached hydrogen (secondary N) is 1. The molecule has 0 atom stereocenters. The molecule has 1 saturated heterocycles. The van der Waals surface area contributed by atoms with Crippen molar-refractivity contribution in [1.29, 1.82) is 0 Å². The van der Waals surface area contributed by atoms with Gasteiger partial charge in [-0.25, -0.2) is 4.39 Å². The highest BCUT2D eigenvalue weighted by Crippen LogP contribution is 2.29. The van der Waals surface area contributed by atoms with Crippen LogP contribution in [0.1, 0.15) is 0 Å². The molecule has 5 nitrogen and oxygen atoms in total. The first kappa shape index (κ1) is 17.4. The predicted molar refractivity (Wildman–Crippen MR) is 76.8 cm³/mol. The molecule has 0 unspecified atom stereocenters. The minimum atomic E-state index is -0.446. The molecule has 1 aliphatic heterocycles. The zero-order valence-electron chi connectivity index (χ0n) is 11.3. The van der Waals surface area contributed by atoms with E-state index in [9.17, 15) is 14.0 Å². The van der Waals surface area contributed by atoms with Crippen molar-refractivity contribution in [3.63, 3.8) is 0 Å². The second-order valence-corrected chi connectivity index (χ2v) is 4.99. The SMILES string of the molecule is CN=C1S/C(=C\C(=O)Nc2ccc(F)cc2)C(=O)N1C.[Br-]. The van der Waals surface area contributed by atoms with Crippen molar-refractivity contribution in [2.45, 2.75) is 0 Å². The zero-order valence-corrected chi connectivity index (χ0v) is 13.7. The smallest absolute Gasteiger partial charge is 0.266 e. The van der Waals surface area contributed by atoms with E-state index in [-0.39, 0.29) is 28.7 Å². The molecular formula is C13H12BrFN3O2S-. The molecule has 2 rings (SSSR count). The number of hydrogen-bond acceptors (Lipinski definition) is 4. The molecule has 0 aromatic heterocycles. The largest absolute Gasteiger partial charge is 1.00 e. The fraction of sp³-hybridized carbons (Fsp3) is 0.154. The monoisotopic (exact) mass is 372 g/mol. The lowest BCUT2D eigenvalue weighted by Gasteiger charge is -2.05. The van der Waals surface area contributed by atoms with E-state index in [1.54, 1.807) is 14.1 Å². The summed E-state index contributed by atoms with van der Waals surface area (Å²) in [6, 6.07) is 5.38. The van der Waals surface area contributed by atoms with E-state index < -0.39 is 5.91 Å². The van der Waals surface area contributed by atoms with E-state index >= 15 is 0 Å². The van der Waals surface area contributed by atoms with Crippen molar-refractivity contribution in [3.8, 4) is 0 Å². The molecule has 1 aliphatic rings. The number of likely N-dealkylation sites (N-methyl/N-ethyl adjacent to an activating group) is 1. The van der Waals surface area contributed by atoms with Crippen LogP contribution in [0, 0.1) is 5.82 Å². The Balaban J connectivity index is 0.00000220. The summed E-state index contributed by atoms with van der Waals surface area (Å²) in [5, 5.41) is 3.10. The van der Waals surface area contributed by atoms with Crippen LogP contribution < -0.4 is 22.3 Å². The van der Waals surface area contributed by atoms with Gasteiger partial charge in [-0.1, -0.05) is 0 Å². The summed E-state index contributed by atoms with van der Waals surface area (Å²) in [6.45, 7) is 0. The molecule has 0 radical (unpaired) electrons. The number of aliphatic imine (C=N–C) groups is 1. The Bertz CT molecular complexity index is 616. The number of rotatable bonds is 2. The normalized spacial score (nSPS) is 18.0. The van der Waals surface area contributed by atoms with Gasteiger partial charge in [0, 0.05) is 25.9 Å². The first-order chi connectivity index (χ1) is 9.51. The molecular weight excluding hydrogens is 361 g/mol. The number of thioether (sulfide) groups is 1. The van der Waals surface area contributed by atoms with Gasteiger partial charge in [0.15, 0.2) is 5.17 Å². The second kappa shape index (κ2) is 7.37. The lowest BCUT2D eigenvalue weighted by Crippen LogP contribution is -3.00. The van der Waals surface area contributed by atoms with E-state index in [1.807, 2.05) is 0 Å². The first-order valence-corrected chi connectivity index (χ1v) is 6.54. The molecule has 1 N–H and O–H groups in total. The summed E-state index contributed by atoms with van der Waals surface area (Å²) >= 11 is 1.13. The maximum absolute atomic E-state index is 12.7. The summed E-state index contributed by atoms with van der Waals surface area (Å²) in [4.78, 5) is 29.2. The molecule has 8 heteroatoms. The van der Waals surface area contributed by atoms with Crippen LogP contribution in [0.25, 0.3) is 0 Å². The third-order valence-corrected chi connectivity index (χ3v) is 3.72. The summed E-state index contributed by atoms with van der Waals surface area (Å²) in [7, 11) is 3.17. The van der Waals surface area contributed by atoms with E-state index in [2.05, 4.69) is 10.3 Å². The maximum Gasteiger partial charge on any atom is 0.266 e.